The van der Waals surface area contributed by atoms with Crippen molar-refractivity contribution in [2.75, 3.05) is 26.7 Å². The van der Waals surface area contributed by atoms with Crippen molar-refractivity contribution < 1.29 is 13.2 Å². The minimum atomic E-state index is -4.29. The molecule has 1 N–H and O–H groups in total. The lowest BCUT2D eigenvalue weighted by atomic mass is 10.0. The molecule has 0 radical (unpaired) electrons. The van der Waals surface area contributed by atoms with Gasteiger partial charge in [-0.2, -0.15) is 13.2 Å². The van der Waals surface area contributed by atoms with E-state index in [2.05, 4.69) is 10.3 Å². The molecule has 1 aliphatic rings. The molecule has 0 saturated carbocycles. The zero-order chi connectivity index (χ0) is 13.9. The molecule has 0 amide bonds. The molecule has 1 heterocycles. The zero-order valence-electron chi connectivity index (χ0n) is 10.7. The third kappa shape index (κ3) is 3.39. The highest BCUT2D eigenvalue weighted by Crippen LogP contribution is 2.31. The minimum Gasteiger partial charge on any atom is -0.356 e. The summed E-state index contributed by atoms with van der Waals surface area (Å²) in [5.74, 6) is 0.754. The summed E-state index contributed by atoms with van der Waals surface area (Å²) in [6.45, 7) is 2.02. The van der Waals surface area contributed by atoms with E-state index in [0.717, 1.165) is 25.1 Å². The Balaban J connectivity index is 1.96. The summed E-state index contributed by atoms with van der Waals surface area (Å²) in [5, 5.41) is 3.07. The van der Waals surface area contributed by atoms with Crippen molar-refractivity contribution >= 4 is 5.96 Å². The van der Waals surface area contributed by atoms with E-state index in [1.165, 1.54) is 12.1 Å². The highest BCUT2D eigenvalue weighted by atomic mass is 19.4. The van der Waals surface area contributed by atoms with Crippen LogP contribution in [0.3, 0.4) is 0 Å². The molecule has 2 rings (SSSR count). The number of hydrogen-bond acceptors (Lipinski definition) is 3. The van der Waals surface area contributed by atoms with Gasteiger partial charge in [-0.05, 0) is 18.1 Å². The van der Waals surface area contributed by atoms with Crippen LogP contribution in [-0.4, -0.2) is 37.5 Å². The van der Waals surface area contributed by atoms with E-state index in [1.54, 1.807) is 6.07 Å². The Bertz CT molecular complexity index is 468. The molecule has 1 aliphatic heterocycles. The molecule has 6 heteroatoms. The van der Waals surface area contributed by atoms with Crippen molar-refractivity contribution in [3.05, 3.63) is 35.4 Å². The van der Waals surface area contributed by atoms with Crippen LogP contribution in [0.25, 0.3) is 0 Å². The van der Waals surface area contributed by atoms with Gasteiger partial charge in [0.05, 0.1) is 12.1 Å². The Labute approximate surface area is 110 Å². The Morgan fingerprint density at radius 3 is 2.68 bits per heavy atom. The Hall–Kier alpha value is -1.72. The number of benzene rings is 1. The summed E-state index contributed by atoms with van der Waals surface area (Å²) < 4.78 is 38.4. The first-order valence-corrected chi connectivity index (χ1v) is 6.13. The van der Waals surface area contributed by atoms with Gasteiger partial charge >= 0.3 is 6.18 Å². The molecule has 0 fully saturated rings. The first-order valence-electron chi connectivity index (χ1n) is 6.13. The minimum absolute atomic E-state index is 0.309. The number of guanidine groups is 1. The number of aliphatic imine (C=N–C) groups is 1. The predicted molar refractivity (Wildman–Crippen MR) is 68.1 cm³/mol. The Morgan fingerprint density at radius 1 is 1.32 bits per heavy atom. The van der Waals surface area contributed by atoms with Gasteiger partial charge in [0.15, 0.2) is 5.96 Å². The van der Waals surface area contributed by atoms with Crippen molar-refractivity contribution in [2.24, 2.45) is 4.99 Å². The smallest absolute Gasteiger partial charge is 0.356 e. The first-order chi connectivity index (χ1) is 8.98. The van der Waals surface area contributed by atoms with Gasteiger partial charge in [0.2, 0.25) is 0 Å². The number of nitrogens with zero attached hydrogens (tertiary/aromatic N) is 2. The SMILES string of the molecule is CN1CCN=C1NCCc1ccccc1C(F)(F)F. The van der Waals surface area contributed by atoms with Gasteiger partial charge in [-0.3, -0.25) is 4.99 Å². The largest absolute Gasteiger partial charge is 0.416 e. The maximum Gasteiger partial charge on any atom is 0.416 e. The third-order valence-electron chi connectivity index (χ3n) is 3.06. The molecule has 1 aromatic carbocycles. The molecule has 3 nitrogen and oxygen atoms in total. The van der Waals surface area contributed by atoms with E-state index in [9.17, 15) is 13.2 Å². The van der Waals surface area contributed by atoms with Crippen molar-refractivity contribution in [1.82, 2.24) is 10.2 Å². The summed E-state index contributed by atoms with van der Waals surface area (Å²) in [5.41, 5.74) is -0.248. The summed E-state index contributed by atoms with van der Waals surface area (Å²) in [6.07, 6.45) is -3.97. The zero-order valence-corrected chi connectivity index (χ0v) is 10.7. The number of hydrogen-bond donors (Lipinski definition) is 1. The van der Waals surface area contributed by atoms with Gasteiger partial charge in [-0.1, -0.05) is 18.2 Å². The van der Waals surface area contributed by atoms with Crippen molar-refractivity contribution in [2.45, 2.75) is 12.6 Å². The van der Waals surface area contributed by atoms with Crippen LogP contribution in [0.2, 0.25) is 0 Å². The fraction of sp³-hybridized carbons (Fsp3) is 0.462. The number of alkyl halides is 3. The Morgan fingerprint density at radius 2 is 2.05 bits per heavy atom. The average molecular weight is 271 g/mol. The van der Waals surface area contributed by atoms with Gasteiger partial charge < -0.3 is 10.2 Å². The van der Waals surface area contributed by atoms with Crippen LogP contribution in [-0.2, 0) is 12.6 Å². The molecule has 0 aromatic heterocycles. The van der Waals surface area contributed by atoms with E-state index in [0.29, 0.717) is 18.5 Å². The van der Waals surface area contributed by atoms with E-state index >= 15 is 0 Å². The van der Waals surface area contributed by atoms with Crippen LogP contribution in [0.5, 0.6) is 0 Å². The van der Waals surface area contributed by atoms with E-state index in [-0.39, 0.29) is 0 Å². The lowest BCUT2D eigenvalue weighted by Gasteiger charge is -2.16. The van der Waals surface area contributed by atoms with Crippen LogP contribution < -0.4 is 5.32 Å². The van der Waals surface area contributed by atoms with Crippen LogP contribution in [0.4, 0.5) is 13.2 Å². The van der Waals surface area contributed by atoms with Crippen LogP contribution >= 0.6 is 0 Å². The fourth-order valence-corrected chi connectivity index (χ4v) is 2.05. The fourth-order valence-electron chi connectivity index (χ4n) is 2.05. The first kappa shape index (κ1) is 13.7. The molecule has 104 valence electrons. The number of likely N-dealkylation sites (N-methyl/N-ethyl adjacent to an activating group) is 1. The highest BCUT2D eigenvalue weighted by molar-refractivity contribution is 5.81. The highest BCUT2D eigenvalue weighted by Gasteiger charge is 2.32. The third-order valence-corrected chi connectivity index (χ3v) is 3.06. The number of nitrogens with one attached hydrogen (secondary N) is 1. The molecule has 0 aliphatic carbocycles. The topological polar surface area (TPSA) is 27.6 Å². The van der Waals surface area contributed by atoms with E-state index < -0.39 is 11.7 Å². The maximum absolute atomic E-state index is 12.8. The lowest BCUT2D eigenvalue weighted by molar-refractivity contribution is -0.138. The molecule has 0 bridgehead atoms. The van der Waals surface area contributed by atoms with Crippen molar-refractivity contribution in [3.8, 4) is 0 Å². The predicted octanol–water partition coefficient (Wildman–Crippen LogP) is 2.14. The van der Waals surface area contributed by atoms with Gasteiger partial charge in [0, 0.05) is 20.1 Å². The molecular weight excluding hydrogens is 255 g/mol. The van der Waals surface area contributed by atoms with Crippen LogP contribution in [0.1, 0.15) is 11.1 Å². The van der Waals surface area contributed by atoms with Crippen LogP contribution in [0, 0.1) is 0 Å². The second-order valence-corrected chi connectivity index (χ2v) is 4.46. The molecule has 0 saturated heterocycles. The van der Waals surface area contributed by atoms with Gasteiger partial charge in [-0.15, -0.1) is 0 Å². The van der Waals surface area contributed by atoms with Crippen molar-refractivity contribution in [1.29, 1.82) is 0 Å². The summed E-state index contributed by atoms with van der Waals surface area (Å²) in [4.78, 5) is 6.18. The summed E-state index contributed by atoms with van der Waals surface area (Å²) in [6, 6.07) is 5.68. The van der Waals surface area contributed by atoms with E-state index in [4.69, 9.17) is 0 Å². The molecule has 19 heavy (non-hydrogen) atoms. The average Bonchev–Trinajstić information content (AvgIpc) is 2.75. The van der Waals surface area contributed by atoms with Gasteiger partial charge in [0.25, 0.3) is 0 Å². The number of rotatable bonds is 3. The van der Waals surface area contributed by atoms with Gasteiger partial charge in [-0.25, -0.2) is 0 Å². The summed E-state index contributed by atoms with van der Waals surface area (Å²) in [7, 11) is 1.91. The normalized spacial score (nSPS) is 15.6. The molecule has 0 unspecified atom stereocenters. The summed E-state index contributed by atoms with van der Waals surface area (Å²) >= 11 is 0. The van der Waals surface area contributed by atoms with Crippen LogP contribution in [0.15, 0.2) is 29.3 Å². The monoisotopic (exact) mass is 271 g/mol. The second-order valence-electron chi connectivity index (χ2n) is 4.46. The molecular formula is C13H16F3N3. The van der Waals surface area contributed by atoms with Gasteiger partial charge in [0.1, 0.15) is 0 Å². The maximum atomic E-state index is 12.8. The molecule has 1 aromatic rings. The quantitative estimate of drug-likeness (QED) is 0.912. The molecule has 0 atom stereocenters. The second kappa shape index (κ2) is 5.50. The lowest BCUT2D eigenvalue weighted by Crippen LogP contribution is -2.36. The Kier molecular flexibility index (Phi) is 3.97. The molecule has 0 spiro atoms. The van der Waals surface area contributed by atoms with Crippen molar-refractivity contribution in [3.63, 3.8) is 0 Å². The number of halogens is 3. The van der Waals surface area contributed by atoms with E-state index in [1.807, 2.05) is 11.9 Å². The standard InChI is InChI=1S/C13H16F3N3/c1-19-9-8-18-12(19)17-7-6-10-4-2-3-5-11(10)13(14,15)16/h2-5H,6-9H2,1H3,(H,17,18).